The molecule has 6 rings (SSSR count). The highest BCUT2D eigenvalue weighted by Gasteiger charge is 2.49. The fourth-order valence-corrected chi connectivity index (χ4v) is 7.30. The smallest absolute Gasteiger partial charge is 0.280 e. The standard InChI is InChI=1S/C32H42N6O2S/c1-31(2,3)23-9-10-24-22(14-23)15-26-28(35-24)41-29(36-26)27(39)34-25(11-12-37(4)5)20-7-6-8-21(13-20)30(40)38-18-32(19-38)16-33-17-32/h6-8,13,15,23,25,33H,9-12,14,16-19H2,1-5H3,(H,34,39)/t23-,25?/m0/s1. The van der Waals surface area contributed by atoms with Crippen LogP contribution in [0.15, 0.2) is 30.3 Å². The second kappa shape index (κ2) is 10.7. The van der Waals surface area contributed by atoms with Crippen LogP contribution >= 0.6 is 11.3 Å². The summed E-state index contributed by atoms with van der Waals surface area (Å²) in [6, 6.07) is 9.68. The van der Waals surface area contributed by atoms with E-state index < -0.39 is 0 Å². The first-order chi connectivity index (χ1) is 19.5. The summed E-state index contributed by atoms with van der Waals surface area (Å²) in [6.45, 7) is 11.4. The van der Waals surface area contributed by atoms with E-state index in [9.17, 15) is 9.59 Å². The first kappa shape index (κ1) is 28.2. The number of fused-ring (bicyclic) bond motifs is 2. The molecule has 3 aliphatic rings. The van der Waals surface area contributed by atoms with Crippen LogP contribution in [-0.4, -0.2) is 78.4 Å². The topological polar surface area (TPSA) is 90.5 Å². The molecule has 218 valence electrons. The summed E-state index contributed by atoms with van der Waals surface area (Å²) < 4.78 is 0. The molecule has 9 heteroatoms. The average molecular weight is 575 g/mol. The van der Waals surface area contributed by atoms with Gasteiger partial charge in [-0.05, 0) is 87.0 Å². The van der Waals surface area contributed by atoms with Crippen molar-refractivity contribution in [1.82, 2.24) is 30.4 Å². The van der Waals surface area contributed by atoms with Crippen LogP contribution < -0.4 is 10.6 Å². The van der Waals surface area contributed by atoms with Crippen LogP contribution in [0.5, 0.6) is 0 Å². The van der Waals surface area contributed by atoms with Gasteiger partial charge in [-0.15, -0.1) is 0 Å². The zero-order valence-electron chi connectivity index (χ0n) is 24.9. The lowest BCUT2D eigenvalue weighted by molar-refractivity contribution is -0.0248. The number of hydrogen-bond donors (Lipinski definition) is 2. The highest BCUT2D eigenvalue weighted by atomic mass is 32.1. The molecular formula is C32H42N6O2S. The van der Waals surface area contributed by atoms with Gasteiger partial charge in [0.15, 0.2) is 5.01 Å². The number of rotatable bonds is 7. The molecule has 0 bridgehead atoms. The Hall–Kier alpha value is -2.88. The van der Waals surface area contributed by atoms with Gasteiger partial charge < -0.3 is 20.4 Å². The van der Waals surface area contributed by atoms with E-state index in [0.29, 0.717) is 16.5 Å². The number of aryl methyl sites for hydroxylation is 1. The minimum atomic E-state index is -0.239. The quantitative estimate of drug-likeness (QED) is 0.437. The Labute approximate surface area is 246 Å². The van der Waals surface area contributed by atoms with Gasteiger partial charge >= 0.3 is 0 Å². The highest BCUT2D eigenvalue weighted by Crippen LogP contribution is 2.38. The number of hydrogen-bond acceptors (Lipinski definition) is 7. The minimum absolute atomic E-state index is 0.0666. The van der Waals surface area contributed by atoms with Crippen LogP contribution in [0.4, 0.5) is 0 Å². The van der Waals surface area contributed by atoms with E-state index >= 15 is 0 Å². The number of thiazole rings is 1. The number of amides is 2. The van der Waals surface area contributed by atoms with Crippen LogP contribution in [0.25, 0.3) is 10.3 Å². The molecule has 2 atom stereocenters. The molecule has 0 saturated carbocycles. The number of nitrogens with one attached hydrogen (secondary N) is 2. The fraction of sp³-hybridized carbons (Fsp3) is 0.562. The van der Waals surface area contributed by atoms with Crippen LogP contribution in [0.2, 0.25) is 0 Å². The number of aromatic nitrogens is 2. The molecule has 1 aliphatic carbocycles. The number of pyridine rings is 1. The van der Waals surface area contributed by atoms with Crippen molar-refractivity contribution in [2.75, 3.05) is 46.8 Å². The van der Waals surface area contributed by atoms with E-state index in [-0.39, 0.29) is 28.7 Å². The van der Waals surface area contributed by atoms with Gasteiger partial charge in [-0.25, -0.2) is 9.97 Å². The molecule has 2 aliphatic heterocycles. The Kier molecular flexibility index (Phi) is 7.41. The maximum absolute atomic E-state index is 13.6. The summed E-state index contributed by atoms with van der Waals surface area (Å²) in [6.07, 6.45) is 3.86. The normalized spacial score (nSPS) is 20.4. The zero-order chi connectivity index (χ0) is 28.9. The monoisotopic (exact) mass is 574 g/mol. The SMILES string of the molecule is CN(C)CCC(NC(=O)c1nc2cc3c(nc2s1)CC[C@H](C(C)(C)C)C3)c1cccc(C(=O)N2CC3(CNC3)C2)c1. The average Bonchev–Trinajstić information content (AvgIpc) is 3.30. The molecule has 2 saturated heterocycles. The van der Waals surface area contributed by atoms with Crippen LogP contribution in [0, 0.1) is 16.7 Å². The van der Waals surface area contributed by atoms with Crippen molar-refractivity contribution >= 4 is 33.5 Å². The first-order valence-corrected chi connectivity index (χ1v) is 15.7. The van der Waals surface area contributed by atoms with Crippen molar-refractivity contribution in [1.29, 1.82) is 0 Å². The Balaban J connectivity index is 1.20. The van der Waals surface area contributed by atoms with Gasteiger partial charge in [0.05, 0.1) is 6.04 Å². The van der Waals surface area contributed by atoms with E-state index in [2.05, 4.69) is 42.4 Å². The van der Waals surface area contributed by atoms with Crippen LogP contribution in [0.3, 0.4) is 0 Å². The maximum Gasteiger partial charge on any atom is 0.280 e. The Morgan fingerprint density at radius 2 is 1.98 bits per heavy atom. The molecule has 2 N–H and O–H groups in total. The highest BCUT2D eigenvalue weighted by molar-refractivity contribution is 7.19. The second-order valence-corrected chi connectivity index (χ2v) is 14.7. The van der Waals surface area contributed by atoms with Gasteiger partial charge in [0.1, 0.15) is 10.3 Å². The van der Waals surface area contributed by atoms with Crippen molar-refractivity contribution < 1.29 is 9.59 Å². The van der Waals surface area contributed by atoms with E-state index in [0.717, 1.165) is 80.0 Å². The summed E-state index contributed by atoms with van der Waals surface area (Å²) in [5.74, 6) is 0.492. The maximum atomic E-state index is 13.6. The fourth-order valence-electron chi connectivity index (χ4n) is 6.46. The van der Waals surface area contributed by atoms with Gasteiger partial charge in [-0.3, -0.25) is 9.59 Å². The predicted octanol–water partition coefficient (Wildman–Crippen LogP) is 4.31. The lowest BCUT2D eigenvalue weighted by Crippen LogP contribution is -2.71. The third-order valence-electron chi connectivity index (χ3n) is 9.21. The Morgan fingerprint density at radius 3 is 2.66 bits per heavy atom. The lowest BCUT2D eigenvalue weighted by Gasteiger charge is -2.56. The van der Waals surface area contributed by atoms with E-state index in [1.54, 1.807) is 0 Å². The van der Waals surface area contributed by atoms with Crippen molar-refractivity contribution in [3.8, 4) is 0 Å². The van der Waals surface area contributed by atoms with Gasteiger partial charge in [0.2, 0.25) is 0 Å². The van der Waals surface area contributed by atoms with Crippen LogP contribution in [0.1, 0.15) is 76.6 Å². The molecule has 41 heavy (non-hydrogen) atoms. The summed E-state index contributed by atoms with van der Waals surface area (Å²) in [7, 11) is 4.05. The third kappa shape index (κ3) is 5.76. The summed E-state index contributed by atoms with van der Waals surface area (Å²) in [5.41, 5.74) is 5.39. The molecule has 2 amide bonds. The summed E-state index contributed by atoms with van der Waals surface area (Å²) >= 11 is 1.37. The number of carbonyl (C=O) groups excluding carboxylic acids is 2. The van der Waals surface area contributed by atoms with Gasteiger partial charge in [-0.2, -0.15) is 0 Å². The van der Waals surface area contributed by atoms with Crippen LogP contribution in [-0.2, 0) is 12.8 Å². The zero-order valence-corrected chi connectivity index (χ0v) is 25.7. The third-order valence-corrected chi connectivity index (χ3v) is 10.2. The lowest BCUT2D eigenvalue weighted by atomic mass is 9.71. The molecule has 1 unspecified atom stereocenters. The number of carbonyl (C=O) groups is 2. The Bertz CT molecular complexity index is 1460. The van der Waals surface area contributed by atoms with Gasteiger partial charge in [0, 0.05) is 42.9 Å². The molecule has 3 aromatic rings. The molecule has 4 heterocycles. The van der Waals surface area contributed by atoms with E-state index in [4.69, 9.17) is 9.97 Å². The van der Waals surface area contributed by atoms with Gasteiger partial charge in [0.25, 0.3) is 11.8 Å². The molecule has 2 fully saturated rings. The largest absolute Gasteiger partial charge is 0.343 e. The second-order valence-electron chi connectivity index (χ2n) is 13.8. The molecule has 8 nitrogen and oxygen atoms in total. The Morgan fingerprint density at radius 1 is 1.20 bits per heavy atom. The van der Waals surface area contributed by atoms with Crippen molar-refractivity contribution in [2.45, 2.75) is 52.5 Å². The van der Waals surface area contributed by atoms with E-state index in [1.165, 1.54) is 16.9 Å². The van der Waals surface area contributed by atoms with E-state index in [1.807, 2.05) is 43.3 Å². The first-order valence-electron chi connectivity index (χ1n) is 14.8. The predicted molar refractivity (Wildman–Crippen MR) is 163 cm³/mol. The molecule has 1 aromatic carbocycles. The van der Waals surface area contributed by atoms with Gasteiger partial charge in [-0.1, -0.05) is 44.2 Å². The molecule has 1 spiro atoms. The molecular weight excluding hydrogens is 532 g/mol. The van der Waals surface area contributed by atoms with Crippen molar-refractivity contribution in [2.24, 2.45) is 16.7 Å². The number of likely N-dealkylation sites (tertiary alicyclic amines) is 1. The van der Waals surface area contributed by atoms with Crippen molar-refractivity contribution in [3.63, 3.8) is 0 Å². The minimum Gasteiger partial charge on any atom is -0.343 e. The summed E-state index contributed by atoms with van der Waals surface area (Å²) in [4.78, 5) is 41.3. The van der Waals surface area contributed by atoms with Crippen molar-refractivity contribution in [3.05, 3.63) is 57.7 Å². The number of nitrogens with zero attached hydrogens (tertiary/aromatic N) is 4. The molecule has 2 aromatic heterocycles. The molecule has 0 radical (unpaired) electrons. The number of benzene rings is 1. The summed E-state index contributed by atoms with van der Waals surface area (Å²) in [5, 5.41) is 6.99.